The Balaban J connectivity index is 1.28. The Bertz CT molecular complexity index is 953. The lowest BCUT2D eigenvalue weighted by Gasteiger charge is -2.36. The zero-order valence-corrected chi connectivity index (χ0v) is 17.8. The van der Waals surface area contributed by atoms with E-state index in [2.05, 4.69) is 83.3 Å². The van der Waals surface area contributed by atoms with E-state index < -0.39 is 0 Å². The molecule has 1 fully saturated rings. The third-order valence-corrected chi connectivity index (χ3v) is 6.11. The third-order valence-electron chi connectivity index (χ3n) is 6.11. The van der Waals surface area contributed by atoms with Crippen molar-refractivity contribution >= 4 is 5.69 Å². The highest BCUT2D eigenvalue weighted by atomic mass is 15.4. The second kappa shape index (κ2) is 8.78. The van der Waals surface area contributed by atoms with Gasteiger partial charge in [0.15, 0.2) is 0 Å². The molecule has 0 N–H and O–H groups in total. The van der Waals surface area contributed by atoms with Crippen LogP contribution in [0.3, 0.4) is 0 Å². The molecule has 0 bridgehead atoms. The van der Waals surface area contributed by atoms with Crippen LogP contribution in [0.2, 0.25) is 0 Å². The molecular formula is C24H31N5. The predicted molar refractivity (Wildman–Crippen MR) is 119 cm³/mol. The molecule has 1 aliphatic rings. The molecule has 152 valence electrons. The first-order chi connectivity index (χ1) is 14.1. The van der Waals surface area contributed by atoms with E-state index in [-0.39, 0.29) is 0 Å². The van der Waals surface area contributed by atoms with Gasteiger partial charge in [-0.25, -0.2) is 4.68 Å². The fourth-order valence-electron chi connectivity index (χ4n) is 4.09. The van der Waals surface area contributed by atoms with E-state index in [0.717, 1.165) is 51.4 Å². The van der Waals surface area contributed by atoms with E-state index >= 15 is 0 Å². The highest BCUT2D eigenvalue weighted by Crippen LogP contribution is 2.23. The van der Waals surface area contributed by atoms with Gasteiger partial charge in [-0.3, -0.25) is 4.90 Å². The Kier molecular flexibility index (Phi) is 5.95. The van der Waals surface area contributed by atoms with E-state index in [9.17, 15) is 0 Å². The van der Waals surface area contributed by atoms with E-state index in [1.807, 2.05) is 10.9 Å². The molecule has 0 atom stereocenters. The minimum atomic E-state index is 0.904. The largest absolute Gasteiger partial charge is 0.369 e. The standard InChI is InChI=1S/C24H31N5/c1-19-9-10-22(17-21(19)3)28-15-13-27(14-16-28)11-6-12-29-24(18-25-26-29)23-8-5-4-7-20(23)2/h4-5,7-10,17-18H,6,11-16H2,1-3H3. The second-order valence-corrected chi connectivity index (χ2v) is 8.11. The molecule has 5 nitrogen and oxygen atoms in total. The predicted octanol–water partition coefficient (Wildman–Crippen LogP) is 4.08. The highest BCUT2D eigenvalue weighted by molar-refractivity contribution is 5.62. The van der Waals surface area contributed by atoms with Gasteiger partial charge in [-0.1, -0.05) is 35.5 Å². The Labute approximate surface area is 174 Å². The van der Waals surface area contributed by atoms with Crippen LogP contribution < -0.4 is 4.90 Å². The lowest BCUT2D eigenvalue weighted by atomic mass is 10.1. The van der Waals surface area contributed by atoms with Crippen LogP contribution in [-0.2, 0) is 6.54 Å². The van der Waals surface area contributed by atoms with Crippen molar-refractivity contribution < 1.29 is 0 Å². The molecule has 29 heavy (non-hydrogen) atoms. The van der Waals surface area contributed by atoms with Crippen molar-refractivity contribution in [2.24, 2.45) is 0 Å². The van der Waals surface area contributed by atoms with Crippen molar-refractivity contribution in [3.63, 3.8) is 0 Å². The van der Waals surface area contributed by atoms with Gasteiger partial charge in [0.2, 0.25) is 0 Å². The topological polar surface area (TPSA) is 37.2 Å². The molecule has 0 saturated carbocycles. The van der Waals surface area contributed by atoms with Crippen LogP contribution in [-0.4, -0.2) is 52.6 Å². The molecule has 0 aliphatic carbocycles. The summed E-state index contributed by atoms with van der Waals surface area (Å²) in [7, 11) is 0. The SMILES string of the molecule is Cc1ccc(N2CCN(CCCn3nncc3-c3ccccc3C)CC2)cc1C. The number of aromatic nitrogens is 3. The molecule has 1 aliphatic heterocycles. The highest BCUT2D eigenvalue weighted by Gasteiger charge is 2.17. The summed E-state index contributed by atoms with van der Waals surface area (Å²) in [4.78, 5) is 5.08. The summed E-state index contributed by atoms with van der Waals surface area (Å²) in [6.45, 7) is 13.0. The third kappa shape index (κ3) is 4.51. The van der Waals surface area contributed by atoms with Crippen LogP contribution in [0.25, 0.3) is 11.3 Å². The summed E-state index contributed by atoms with van der Waals surface area (Å²) in [6.07, 6.45) is 2.97. The van der Waals surface area contributed by atoms with E-state index in [4.69, 9.17) is 0 Å². The number of hydrogen-bond donors (Lipinski definition) is 0. The van der Waals surface area contributed by atoms with Crippen LogP contribution in [0.1, 0.15) is 23.1 Å². The molecule has 0 radical (unpaired) electrons. The number of benzene rings is 2. The van der Waals surface area contributed by atoms with Crippen LogP contribution in [0.4, 0.5) is 5.69 Å². The average molecular weight is 390 g/mol. The Morgan fingerprint density at radius 2 is 1.62 bits per heavy atom. The molecule has 3 aromatic rings. The van der Waals surface area contributed by atoms with Crippen molar-refractivity contribution in [2.75, 3.05) is 37.6 Å². The number of nitrogens with zero attached hydrogens (tertiary/aromatic N) is 5. The summed E-state index contributed by atoms with van der Waals surface area (Å²) < 4.78 is 2.05. The van der Waals surface area contributed by atoms with Gasteiger partial charge in [-0.05, 0) is 56.0 Å². The van der Waals surface area contributed by atoms with Crippen LogP contribution in [0, 0.1) is 20.8 Å². The second-order valence-electron chi connectivity index (χ2n) is 8.11. The summed E-state index contributed by atoms with van der Waals surface area (Å²) in [6, 6.07) is 15.3. The molecule has 5 heteroatoms. The molecule has 0 amide bonds. The smallest absolute Gasteiger partial charge is 0.0888 e. The zero-order valence-electron chi connectivity index (χ0n) is 17.8. The lowest BCUT2D eigenvalue weighted by Crippen LogP contribution is -2.46. The van der Waals surface area contributed by atoms with Crippen LogP contribution >= 0.6 is 0 Å². The number of rotatable bonds is 6. The summed E-state index contributed by atoms with van der Waals surface area (Å²) >= 11 is 0. The molecule has 1 aromatic heterocycles. The minimum Gasteiger partial charge on any atom is -0.369 e. The maximum Gasteiger partial charge on any atom is 0.0888 e. The number of aryl methyl sites for hydroxylation is 4. The minimum absolute atomic E-state index is 0.904. The van der Waals surface area contributed by atoms with Gasteiger partial charge >= 0.3 is 0 Å². The first kappa shape index (κ1) is 19.6. The van der Waals surface area contributed by atoms with Gasteiger partial charge in [-0.2, -0.15) is 0 Å². The Morgan fingerprint density at radius 1 is 0.828 bits per heavy atom. The molecule has 2 aromatic carbocycles. The Hall–Kier alpha value is -2.66. The summed E-state index contributed by atoms with van der Waals surface area (Å²) in [5.74, 6) is 0. The van der Waals surface area contributed by atoms with E-state index in [1.54, 1.807) is 0 Å². The average Bonchev–Trinajstić information content (AvgIpc) is 3.19. The van der Waals surface area contributed by atoms with Crippen LogP contribution in [0.15, 0.2) is 48.7 Å². The quantitative estimate of drug-likeness (QED) is 0.637. The van der Waals surface area contributed by atoms with Crippen molar-refractivity contribution in [2.45, 2.75) is 33.7 Å². The fraction of sp³-hybridized carbons (Fsp3) is 0.417. The van der Waals surface area contributed by atoms with Gasteiger partial charge in [0.05, 0.1) is 11.9 Å². The van der Waals surface area contributed by atoms with E-state index in [1.165, 1.54) is 27.9 Å². The van der Waals surface area contributed by atoms with Crippen LogP contribution in [0.5, 0.6) is 0 Å². The van der Waals surface area contributed by atoms with Gasteiger partial charge < -0.3 is 4.90 Å². The maximum absolute atomic E-state index is 4.32. The number of anilines is 1. The molecule has 0 spiro atoms. The van der Waals surface area contributed by atoms with Gasteiger partial charge in [0, 0.05) is 50.5 Å². The van der Waals surface area contributed by atoms with Crippen molar-refractivity contribution in [1.82, 2.24) is 19.9 Å². The first-order valence-corrected chi connectivity index (χ1v) is 10.6. The molecule has 1 saturated heterocycles. The number of hydrogen-bond acceptors (Lipinski definition) is 4. The molecule has 2 heterocycles. The number of piperazine rings is 1. The van der Waals surface area contributed by atoms with Crippen molar-refractivity contribution in [3.05, 3.63) is 65.4 Å². The van der Waals surface area contributed by atoms with Crippen molar-refractivity contribution in [3.8, 4) is 11.3 Å². The Morgan fingerprint density at radius 3 is 2.38 bits per heavy atom. The maximum atomic E-state index is 4.32. The van der Waals surface area contributed by atoms with Crippen molar-refractivity contribution in [1.29, 1.82) is 0 Å². The fourth-order valence-corrected chi connectivity index (χ4v) is 4.09. The normalized spacial score (nSPS) is 15.1. The monoisotopic (exact) mass is 389 g/mol. The zero-order chi connectivity index (χ0) is 20.2. The van der Waals surface area contributed by atoms with Gasteiger partial charge in [-0.15, -0.1) is 5.10 Å². The van der Waals surface area contributed by atoms with Gasteiger partial charge in [0.1, 0.15) is 0 Å². The van der Waals surface area contributed by atoms with Gasteiger partial charge in [0.25, 0.3) is 0 Å². The molecule has 0 unspecified atom stereocenters. The summed E-state index contributed by atoms with van der Waals surface area (Å²) in [5, 5.41) is 8.48. The van der Waals surface area contributed by atoms with E-state index in [0.29, 0.717) is 0 Å². The molecular weight excluding hydrogens is 358 g/mol. The molecule has 4 rings (SSSR count). The summed E-state index contributed by atoms with van der Waals surface area (Å²) in [5.41, 5.74) is 7.70. The lowest BCUT2D eigenvalue weighted by molar-refractivity contribution is 0.249. The first-order valence-electron chi connectivity index (χ1n) is 10.6.